The first-order chi connectivity index (χ1) is 9.61. The summed E-state index contributed by atoms with van der Waals surface area (Å²) in [5.74, 6) is -0.0642. The molecule has 0 unspecified atom stereocenters. The third kappa shape index (κ3) is 2.38. The lowest BCUT2D eigenvalue weighted by atomic mass is 10.2. The summed E-state index contributed by atoms with van der Waals surface area (Å²) in [7, 11) is 0. The molecule has 2 aromatic carbocycles. The second-order valence-corrected chi connectivity index (χ2v) is 4.26. The van der Waals surface area contributed by atoms with Crippen LogP contribution in [0.5, 0.6) is 5.75 Å². The van der Waals surface area contributed by atoms with E-state index in [1.165, 1.54) is 24.3 Å². The number of hydrogen-bond acceptors (Lipinski definition) is 4. The molecule has 0 aliphatic heterocycles. The van der Waals surface area contributed by atoms with E-state index in [0.717, 1.165) is 0 Å². The summed E-state index contributed by atoms with van der Waals surface area (Å²) in [6, 6.07) is 10.1. The SMILES string of the molecule is Cc1nc2ccc(OC(=O)c3ccc(F)cc3)cc2o1. The van der Waals surface area contributed by atoms with E-state index in [0.29, 0.717) is 22.7 Å². The number of carbonyl (C=O) groups excluding carboxylic acids is 1. The fraction of sp³-hybridized carbons (Fsp3) is 0.0667. The Bertz CT molecular complexity index is 777. The summed E-state index contributed by atoms with van der Waals surface area (Å²) >= 11 is 0. The fourth-order valence-electron chi connectivity index (χ4n) is 1.84. The average Bonchev–Trinajstić information content (AvgIpc) is 2.78. The van der Waals surface area contributed by atoms with Crippen LogP contribution in [0, 0.1) is 12.7 Å². The smallest absolute Gasteiger partial charge is 0.343 e. The second kappa shape index (κ2) is 4.77. The van der Waals surface area contributed by atoms with Crippen LogP contribution in [0.25, 0.3) is 11.1 Å². The lowest BCUT2D eigenvalue weighted by Gasteiger charge is -2.03. The molecule has 1 heterocycles. The van der Waals surface area contributed by atoms with E-state index in [2.05, 4.69) is 4.98 Å². The summed E-state index contributed by atoms with van der Waals surface area (Å²) in [5.41, 5.74) is 1.52. The highest BCUT2D eigenvalue weighted by Crippen LogP contribution is 2.22. The molecular weight excluding hydrogens is 261 g/mol. The van der Waals surface area contributed by atoms with Gasteiger partial charge in [0.1, 0.15) is 17.1 Å². The summed E-state index contributed by atoms with van der Waals surface area (Å²) < 4.78 is 23.4. The molecule has 0 saturated carbocycles. The number of aryl methyl sites for hydroxylation is 1. The Balaban J connectivity index is 1.84. The number of fused-ring (bicyclic) bond motifs is 1. The van der Waals surface area contributed by atoms with Crippen molar-refractivity contribution in [2.45, 2.75) is 6.92 Å². The molecule has 0 aliphatic carbocycles. The predicted molar refractivity (Wildman–Crippen MR) is 70.1 cm³/mol. The minimum absolute atomic E-state index is 0.278. The maximum atomic E-state index is 12.8. The molecule has 20 heavy (non-hydrogen) atoms. The van der Waals surface area contributed by atoms with Crippen molar-refractivity contribution in [1.29, 1.82) is 0 Å². The van der Waals surface area contributed by atoms with Crippen molar-refractivity contribution in [3.8, 4) is 5.75 Å². The Morgan fingerprint density at radius 3 is 2.70 bits per heavy atom. The molecule has 4 nitrogen and oxygen atoms in total. The Morgan fingerprint density at radius 2 is 1.95 bits per heavy atom. The number of oxazole rings is 1. The Hall–Kier alpha value is -2.69. The number of esters is 1. The van der Waals surface area contributed by atoms with E-state index in [9.17, 15) is 9.18 Å². The molecule has 5 heteroatoms. The molecule has 0 radical (unpaired) electrons. The first kappa shape index (κ1) is 12.3. The lowest BCUT2D eigenvalue weighted by Crippen LogP contribution is -2.08. The predicted octanol–water partition coefficient (Wildman–Crippen LogP) is 3.49. The maximum Gasteiger partial charge on any atom is 0.343 e. The van der Waals surface area contributed by atoms with Gasteiger partial charge in [0.05, 0.1) is 5.56 Å². The van der Waals surface area contributed by atoms with Gasteiger partial charge in [-0.2, -0.15) is 0 Å². The van der Waals surface area contributed by atoms with Gasteiger partial charge in [-0.3, -0.25) is 0 Å². The van der Waals surface area contributed by atoms with Gasteiger partial charge < -0.3 is 9.15 Å². The summed E-state index contributed by atoms with van der Waals surface area (Å²) in [6.45, 7) is 1.74. The first-order valence-corrected chi connectivity index (χ1v) is 5.97. The number of ether oxygens (including phenoxy) is 1. The molecule has 1 aromatic heterocycles. The van der Waals surface area contributed by atoms with Crippen LogP contribution in [0.2, 0.25) is 0 Å². The number of carbonyl (C=O) groups is 1. The van der Waals surface area contributed by atoms with E-state index in [-0.39, 0.29) is 5.56 Å². The second-order valence-electron chi connectivity index (χ2n) is 4.26. The van der Waals surface area contributed by atoms with Crippen molar-refractivity contribution in [3.63, 3.8) is 0 Å². The largest absolute Gasteiger partial charge is 0.441 e. The number of hydrogen-bond donors (Lipinski definition) is 0. The van der Waals surface area contributed by atoms with Gasteiger partial charge in [-0.15, -0.1) is 0 Å². The van der Waals surface area contributed by atoms with Crippen molar-refractivity contribution in [1.82, 2.24) is 4.98 Å². The third-order valence-electron chi connectivity index (χ3n) is 2.76. The zero-order chi connectivity index (χ0) is 14.1. The van der Waals surface area contributed by atoms with E-state index in [4.69, 9.17) is 9.15 Å². The maximum absolute atomic E-state index is 12.8. The molecule has 0 bridgehead atoms. The van der Waals surface area contributed by atoms with E-state index >= 15 is 0 Å². The molecule has 0 saturated heterocycles. The molecule has 0 atom stereocenters. The van der Waals surface area contributed by atoms with Crippen molar-refractivity contribution in [3.05, 3.63) is 59.7 Å². The minimum Gasteiger partial charge on any atom is -0.441 e. The summed E-state index contributed by atoms with van der Waals surface area (Å²) in [6.07, 6.45) is 0. The zero-order valence-corrected chi connectivity index (χ0v) is 10.6. The quantitative estimate of drug-likeness (QED) is 0.529. The summed E-state index contributed by atoms with van der Waals surface area (Å²) in [4.78, 5) is 16.0. The molecular formula is C15H10FNO3. The standard InChI is InChI=1S/C15H10FNO3/c1-9-17-13-7-6-12(8-14(13)19-9)20-15(18)10-2-4-11(16)5-3-10/h2-8H,1H3. The van der Waals surface area contributed by atoms with Gasteiger partial charge in [-0.05, 0) is 36.4 Å². The highest BCUT2D eigenvalue weighted by molar-refractivity contribution is 5.91. The molecule has 0 aliphatic rings. The van der Waals surface area contributed by atoms with Crippen molar-refractivity contribution < 1.29 is 18.3 Å². The minimum atomic E-state index is -0.555. The molecule has 0 fully saturated rings. The molecule has 3 aromatic rings. The highest BCUT2D eigenvalue weighted by atomic mass is 19.1. The Kier molecular flexibility index (Phi) is 2.95. The normalized spacial score (nSPS) is 10.7. The zero-order valence-electron chi connectivity index (χ0n) is 10.6. The van der Waals surface area contributed by atoms with Gasteiger partial charge in [0.15, 0.2) is 11.5 Å². The number of aromatic nitrogens is 1. The fourth-order valence-corrected chi connectivity index (χ4v) is 1.84. The molecule has 0 spiro atoms. The van der Waals surface area contributed by atoms with Gasteiger partial charge in [0.25, 0.3) is 0 Å². The van der Waals surface area contributed by atoms with Crippen LogP contribution in [0.3, 0.4) is 0 Å². The van der Waals surface area contributed by atoms with Crippen LogP contribution in [-0.4, -0.2) is 11.0 Å². The highest BCUT2D eigenvalue weighted by Gasteiger charge is 2.10. The van der Waals surface area contributed by atoms with Gasteiger partial charge in [-0.25, -0.2) is 14.2 Å². The lowest BCUT2D eigenvalue weighted by molar-refractivity contribution is 0.0735. The van der Waals surface area contributed by atoms with Crippen LogP contribution >= 0.6 is 0 Å². The van der Waals surface area contributed by atoms with Crippen LogP contribution < -0.4 is 4.74 Å². The number of rotatable bonds is 2. The topological polar surface area (TPSA) is 52.3 Å². The number of benzene rings is 2. The number of halogens is 1. The summed E-state index contributed by atoms with van der Waals surface area (Å²) in [5, 5.41) is 0. The Morgan fingerprint density at radius 1 is 1.20 bits per heavy atom. The average molecular weight is 271 g/mol. The monoisotopic (exact) mass is 271 g/mol. The van der Waals surface area contributed by atoms with Gasteiger partial charge in [0.2, 0.25) is 0 Å². The van der Waals surface area contributed by atoms with Crippen molar-refractivity contribution in [2.75, 3.05) is 0 Å². The molecule has 100 valence electrons. The van der Waals surface area contributed by atoms with E-state index < -0.39 is 11.8 Å². The van der Waals surface area contributed by atoms with E-state index in [1.807, 2.05) is 0 Å². The Labute approximate surface area is 113 Å². The van der Waals surface area contributed by atoms with Gasteiger partial charge in [-0.1, -0.05) is 0 Å². The van der Waals surface area contributed by atoms with Crippen LogP contribution in [-0.2, 0) is 0 Å². The van der Waals surface area contributed by atoms with Crippen LogP contribution in [0.1, 0.15) is 16.2 Å². The van der Waals surface area contributed by atoms with Crippen molar-refractivity contribution in [2.24, 2.45) is 0 Å². The molecule has 0 amide bonds. The van der Waals surface area contributed by atoms with Gasteiger partial charge in [0, 0.05) is 13.0 Å². The number of nitrogens with zero attached hydrogens (tertiary/aromatic N) is 1. The third-order valence-corrected chi connectivity index (χ3v) is 2.76. The molecule has 3 rings (SSSR count). The van der Waals surface area contributed by atoms with Crippen LogP contribution in [0.4, 0.5) is 4.39 Å². The van der Waals surface area contributed by atoms with Gasteiger partial charge >= 0.3 is 5.97 Å². The molecule has 0 N–H and O–H groups in total. The van der Waals surface area contributed by atoms with Crippen molar-refractivity contribution >= 4 is 17.1 Å². The van der Waals surface area contributed by atoms with Crippen LogP contribution in [0.15, 0.2) is 46.9 Å². The first-order valence-electron chi connectivity index (χ1n) is 5.97. The van der Waals surface area contributed by atoms with E-state index in [1.54, 1.807) is 25.1 Å².